The van der Waals surface area contributed by atoms with E-state index in [1.54, 1.807) is 0 Å². The van der Waals surface area contributed by atoms with Crippen LogP contribution in [-0.4, -0.2) is 40.6 Å². The molecule has 0 spiro atoms. The predicted molar refractivity (Wildman–Crippen MR) is 68.5 cm³/mol. The normalized spacial score (nSPS) is 16.2. The molecule has 1 aromatic rings. The van der Waals surface area contributed by atoms with E-state index in [0.29, 0.717) is 31.1 Å². The number of aryl methyl sites for hydroxylation is 1. The molecule has 0 atom stereocenters. The van der Waals surface area contributed by atoms with Crippen molar-refractivity contribution in [3.05, 3.63) is 16.8 Å². The quantitative estimate of drug-likeness (QED) is 0.347. The molecule has 1 aliphatic rings. The number of aromatic nitrogens is 2. The molecule has 1 aromatic heterocycles. The number of rotatable bonds is 5. The van der Waals surface area contributed by atoms with Gasteiger partial charge < -0.3 is 20.4 Å². The van der Waals surface area contributed by atoms with E-state index < -0.39 is 0 Å². The molecule has 1 saturated heterocycles. The van der Waals surface area contributed by atoms with Crippen molar-refractivity contribution >= 4 is 5.84 Å². The lowest BCUT2D eigenvalue weighted by Crippen LogP contribution is -2.39. The first-order chi connectivity index (χ1) is 9.21. The largest absolute Gasteiger partial charge is 0.468 e. The average Bonchev–Trinajstić information content (AvgIpc) is 2.40. The van der Waals surface area contributed by atoms with Crippen molar-refractivity contribution in [2.24, 2.45) is 10.9 Å². The molecule has 19 heavy (non-hydrogen) atoms. The predicted octanol–water partition coefficient (Wildman–Crippen LogP) is 0.473. The Bertz CT molecular complexity index is 486. The Hall–Kier alpha value is -1.89. The first-order valence-corrected chi connectivity index (χ1v) is 6.31. The van der Waals surface area contributed by atoms with Crippen LogP contribution >= 0.6 is 0 Å². The van der Waals surface area contributed by atoms with Crippen LogP contribution in [-0.2, 0) is 17.6 Å². The minimum atomic E-state index is -0.0447. The number of hydrogen-bond acceptors (Lipinski definition) is 6. The summed E-state index contributed by atoms with van der Waals surface area (Å²) in [6.45, 7) is 5.02. The molecular weight excluding hydrogens is 248 g/mol. The molecule has 0 saturated carbocycles. The summed E-state index contributed by atoms with van der Waals surface area (Å²) in [7, 11) is 0. The van der Waals surface area contributed by atoms with E-state index in [1.165, 1.54) is 0 Å². The molecule has 7 heteroatoms. The maximum atomic E-state index is 8.94. The molecule has 0 radical (unpaired) electrons. The molecule has 3 N–H and O–H groups in total. The van der Waals surface area contributed by atoms with Gasteiger partial charge in [0.1, 0.15) is 6.10 Å². The van der Waals surface area contributed by atoms with Crippen molar-refractivity contribution in [2.75, 3.05) is 13.2 Å². The van der Waals surface area contributed by atoms with Gasteiger partial charge in [0.15, 0.2) is 5.84 Å². The molecule has 1 fully saturated rings. The fourth-order valence-electron chi connectivity index (χ4n) is 1.99. The second-order valence-corrected chi connectivity index (χ2v) is 4.28. The Morgan fingerprint density at radius 1 is 1.42 bits per heavy atom. The summed E-state index contributed by atoms with van der Waals surface area (Å²) >= 11 is 0. The number of nitrogens with zero attached hydrogens (tertiary/aromatic N) is 3. The molecule has 104 valence electrons. The Balaban J connectivity index is 2.45. The van der Waals surface area contributed by atoms with Gasteiger partial charge in [-0.05, 0) is 18.4 Å². The minimum Gasteiger partial charge on any atom is -0.468 e. The SMILES string of the molecule is CCc1nnc(OC2COC2)c(C(N)=NO)c1CC. The van der Waals surface area contributed by atoms with Crippen molar-refractivity contribution in [2.45, 2.75) is 32.8 Å². The second-order valence-electron chi connectivity index (χ2n) is 4.28. The molecule has 0 unspecified atom stereocenters. The molecule has 0 aromatic carbocycles. The standard InChI is InChI=1S/C12H18N4O3/c1-3-8-9(4-2)14-15-12(10(8)11(13)16-17)19-7-5-18-6-7/h7,17H,3-6H2,1-2H3,(H2,13,16). The zero-order valence-corrected chi connectivity index (χ0v) is 11.1. The van der Waals surface area contributed by atoms with Gasteiger partial charge in [0, 0.05) is 0 Å². The van der Waals surface area contributed by atoms with Crippen LogP contribution in [0.15, 0.2) is 5.16 Å². The van der Waals surface area contributed by atoms with E-state index in [9.17, 15) is 0 Å². The van der Waals surface area contributed by atoms with Crippen LogP contribution in [0.3, 0.4) is 0 Å². The van der Waals surface area contributed by atoms with E-state index in [-0.39, 0.29) is 11.9 Å². The maximum absolute atomic E-state index is 8.94. The van der Waals surface area contributed by atoms with Gasteiger partial charge in [-0.2, -0.15) is 5.10 Å². The van der Waals surface area contributed by atoms with Crippen LogP contribution in [0.5, 0.6) is 5.88 Å². The van der Waals surface area contributed by atoms with Gasteiger partial charge in [0.2, 0.25) is 5.88 Å². The number of oxime groups is 1. The van der Waals surface area contributed by atoms with Crippen molar-refractivity contribution in [3.63, 3.8) is 0 Å². The van der Waals surface area contributed by atoms with Crippen molar-refractivity contribution in [1.82, 2.24) is 10.2 Å². The summed E-state index contributed by atoms with van der Waals surface area (Å²) in [6, 6.07) is 0. The lowest BCUT2D eigenvalue weighted by atomic mass is 10.0. The van der Waals surface area contributed by atoms with Crippen molar-refractivity contribution in [3.8, 4) is 5.88 Å². The highest BCUT2D eigenvalue weighted by molar-refractivity contribution is 6.00. The fraction of sp³-hybridized carbons (Fsp3) is 0.583. The third-order valence-corrected chi connectivity index (χ3v) is 3.06. The summed E-state index contributed by atoms with van der Waals surface area (Å²) in [5.74, 6) is 0.300. The topological polar surface area (TPSA) is 103 Å². The minimum absolute atomic E-state index is 0.00306. The van der Waals surface area contributed by atoms with E-state index in [2.05, 4.69) is 15.4 Å². The second kappa shape index (κ2) is 5.83. The summed E-state index contributed by atoms with van der Waals surface area (Å²) in [5.41, 5.74) is 8.02. The van der Waals surface area contributed by atoms with E-state index >= 15 is 0 Å². The molecule has 0 bridgehead atoms. The summed E-state index contributed by atoms with van der Waals surface area (Å²) in [6.07, 6.45) is 1.40. The zero-order valence-electron chi connectivity index (χ0n) is 11.1. The molecule has 2 rings (SSSR count). The van der Waals surface area contributed by atoms with Crippen LogP contribution in [0.4, 0.5) is 0 Å². The highest BCUT2D eigenvalue weighted by Gasteiger charge is 2.25. The lowest BCUT2D eigenvalue weighted by Gasteiger charge is -2.27. The van der Waals surface area contributed by atoms with Crippen LogP contribution in [0.1, 0.15) is 30.7 Å². The molecule has 1 aliphatic heterocycles. The van der Waals surface area contributed by atoms with Gasteiger partial charge in [0.25, 0.3) is 0 Å². The molecule has 0 aliphatic carbocycles. The van der Waals surface area contributed by atoms with E-state index in [4.69, 9.17) is 20.4 Å². The third kappa shape index (κ3) is 2.60. The lowest BCUT2D eigenvalue weighted by molar-refractivity contribution is -0.0817. The number of amidine groups is 1. The van der Waals surface area contributed by atoms with Crippen LogP contribution < -0.4 is 10.5 Å². The van der Waals surface area contributed by atoms with Crippen LogP contribution in [0.25, 0.3) is 0 Å². The zero-order chi connectivity index (χ0) is 13.8. The van der Waals surface area contributed by atoms with Crippen molar-refractivity contribution in [1.29, 1.82) is 0 Å². The van der Waals surface area contributed by atoms with Gasteiger partial charge in [-0.1, -0.05) is 19.0 Å². The van der Waals surface area contributed by atoms with Gasteiger partial charge in [-0.15, -0.1) is 5.10 Å². The first-order valence-electron chi connectivity index (χ1n) is 6.31. The summed E-state index contributed by atoms with van der Waals surface area (Å²) in [4.78, 5) is 0. The van der Waals surface area contributed by atoms with Crippen LogP contribution in [0, 0.1) is 0 Å². The Morgan fingerprint density at radius 2 is 2.16 bits per heavy atom. The highest BCUT2D eigenvalue weighted by Crippen LogP contribution is 2.24. The van der Waals surface area contributed by atoms with Gasteiger partial charge in [-0.25, -0.2) is 0 Å². The highest BCUT2D eigenvalue weighted by atomic mass is 16.6. The molecule has 0 amide bonds. The van der Waals surface area contributed by atoms with Gasteiger partial charge in [0.05, 0.1) is 24.5 Å². The Labute approximate surface area is 111 Å². The number of hydrogen-bond donors (Lipinski definition) is 2. The fourth-order valence-corrected chi connectivity index (χ4v) is 1.99. The number of nitrogens with two attached hydrogens (primary N) is 1. The smallest absolute Gasteiger partial charge is 0.245 e. The van der Waals surface area contributed by atoms with E-state index in [1.807, 2.05) is 13.8 Å². The Kier molecular flexibility index (Phi) is 4.16. The van der Waals surface area contributed by atoms with Crippen LogP contribution in [0.2, 0.25) is 0 Å². The summed E-state index contributed by atoms with van der Waals surface area (Å²) < 4.78 is 10.7. The molecular formula is C12H18N4O3. The Morgan fingerprint density at radius 3 is 2.63 bits per heavy atom. The first kappa shape index (κ1) is 13.5. The average molecular weight is 266 g/mol. The van der Waals surface area contributed by atoms with Crippen molar-refractivity contribution < 1.29 is 14.7 Å². The summed E-state index contributed by atoms with van der Waals surface area (Å²) in [5, 5.41) is 20.2. The van der Waals surface area contributed by atoms with Gasteiger partial charge in [-0.3, -0.25) is 0 Å². The number of ether oxygens (including phenoxy) is 2. The maximum Gasteiger partial charge on any atom is 0.245 e. The monoisotopic (exact) mass is 266 g/mol. The molecule has 2 heterocycles. The van der Waals surface area contributed by atoms with Gasteiger partial charge >= 0.3 is 0 Å². The van der Waals surface area contributed by atoms with E-state index in [0.717, 1.165) is 17.7 Å². The molecule has 7 nitrogen and oxygen atoms in total. The third-order valence-electron chi connectivity index (χ3n) is 3.06.